The van der Waals surface area contributed by atoms with Crippen molar-refractivity contribution in [3.05, 3.63) is 82.7 Å². The minimum atomic E-state index is 0.621. The summed E-state index contributed by atoms with van der Waals surface area (Å²) in [4.78, 5) is 0. The summed E-state index contributed by atoms with van der Waals surface area (Å²) in [6.45, 7) is 6.72. The van der Waals surface area contributed by atoms with Crippen molar-refractivity contribution in [3.63, 3.8) is 0 Å². The summed E-state index contributed by atoms with van der Waals surface area (Å²) in [5.74, 6) is 0. The Bertz CT molecular complexity index is 393. The first-order valence-corrected chi connectivity index (χ1v) is 8.09. The molecule has 2 rings (SSSR count). The topological polar surface area (TPSA) is 42.3 Å². The molecule has 1 unspecified atom stereocenters. The van der Waals surface area contributed by atoms with Gasteiger partial charge in [0.1, 0.15) is 0 Å². The minimum absolute atomic E-state index is 0.621. The molecule has 1 atom stereocenters. The van der Waals surface area contributed by atoms with Crippen LogP contribution in [0.5, 0.6) is 0 Å². The van der Waals surface area contributed by atoms with Crippen molar-refractivity contribution < 1.29 is 20.4 Å². The Morgan fingerprint density at radius 2 is 1.26 bits per heavy atom. The fraction of sp³-hybridized carbons (Fsp3) is 0.368. The van der Waals surface area contributed by atoms with E-state index < -0.39 is 0 Å². The van der Waals surface area contributed by atoms with Gasteiger partial charge in [-0.1, -0.05) is 25.3 Å². The van der Waals surface area contributed by atoms with Crippen LogP contribution in [0.15, 0.2) is 55.7 Å². The van der Waals surface area contributed by atoms with Crippen LogP contribution in [-0.2, 0) is 20.4 Å². The fourth-order valence-electron chi connectivity index (χ4n) is 1.25. The molecule has 0 N–H and O–H groups in total. The third kappa shape index (κ3) is 19.0. The molecule has 1 aliphatic carbocycles. The molecule has 1 aliphatic rings. The summed E-state index contributed by atoms with van der Waals surface area (Å²) in [6.07, 6.45) is 7.71. The van der Waals surface area contributed by atoms with E-state index in [1.807, 2.05) is 0 Å². The van der Waals surface area contributed by atoms with Gasteiger partial charge < -0.3 is 16.0 Å². The standard InChI is InChI=1S/C9H7.C4H6.3C2H6N.Ti/c1-2-5-9-7-3-6-8(9)4-1;1-3-4-2;3*1-3-2;/h1-7H;3-4H,1-2H2;3*1-2H3;/q;;3*-1;+3. The van der Waals surface area contributed by atoms with Gasteiger partial charge >= 0.3 is 72.2 Å². The molecular weight excluding hydrogens is 318 g/mol. The zero-order chi connectivity index (χ0) is 18.5. The maximum atomic E-state index is 3.50. The van der Waals surface area contributed by atoms with Gasteiger partial charge in [-0.3, -0.25) is 0 Å². The van der Waals surface area contributed by atoms with E-state index in [2.05, 4.69) is 86.0 Å². The van der Waals surface area contributed by atoms with Crippen molar-refractivity contribution >= 4 is 6.08 Å². The van der Waals surface area contributed by atoms with Gasteiger partial charge in [0.25, 0.3) is 0 Å². The number of rotatable bonds is 1. The molecular formula is C19H31N3Ti. The maximum absolute atomic E-state index is 3.50. The van der Waals surface area contributed by atoms with Gasteiger partial charge in [0.15, 0.2) is 0 Å². The second-order valence-electron chi connectivity index (χ2n) is 4.28. The van der Waals surface area contributed by atoms with Crippen LogP contribution in [0.25, 0.3) is 22.0 Å². The second kappa shape index (κ2) is 23.3. The molecule has 0 aromatic heterocycles. The monoisotopic (exact) mass is 349 g/mol. The average Bonchev–Trinajstić information content (AvgIpc) is 2.92. The van der Waals surface area contributed by atoms with E-state index in [4.69, 9.17) is 0 Å². The molecule has 0 saturated carbocycles. The van der Waals surface area contributed by atoms with E-state index in [9.17, 15) is 0 Å². The molecule has 0 fully saturated rings. The molecule has 0 amide bonds. The van der Waals surface area contributed by atoms with Gasteiger partial charge in [-0.25, -0.2) is 0 Å². The zero-order valence-electron chi connectivity index (χ0n) is 15.5. The van der Waals surface area contributed by atoms with Crippen LogP contribution in [0, 0.1) is 0 Å². The van der Waals surface area contributed by atoms with E-state index in [-0.39, 0.29) is 0 Å². The molecule has 23 heavy (non-hydrogen) atoms. The van der Waals surface area contributed by atoms with Crippen molar-refractivity contribution in [1.29, 1.82) is 0 Å². The van der Waals surface area contributed by atoms with Gasteiger partial charge in [0.2, 0.25) is 0 Å². The summed E-state index contributed by atoms with van der Waals surface area (Å²) in [5.41, 5.74) is 2.84. The number of allylic oxidation sites excluding steroid dienone is 3. The van der Waals surface area contributed by atoms with Crippen LogP contribution in [0.1, 0.15) is 15.3 Å². The van der Waals surface area contributed by atoms with Crippen molar-refractivity contribution in [2.75, 3.05) is 42.3 Å². The molecule has 0 spiro atoms. The summed E-state index contributed by atoms with van der Waals surface area (Å²) in [7, 11) is 10.5. The SMILES string of the molecule is C=CC=C.C[N-]C.C[N-]C.C[N-]C.[Ti+3][CH]1C=Cc2ccccc21. The number of fused-ring (bicyclic) bond motifs is 1. The first kappa shape index (κ1) is 26.9. The van der Waals surface area contributed by atoms with Crippen molar-refractivity contribution in [2.45, 2.75) is 4.22 Å². The molecule has 1 aromatic rings. The normalized spacial score (nSPS) is 12.4. The van der Waals surface area contributed by atoms with Crippen LogP contribution in [0.4, 0.5) is 0 Å². The molecule has 0 heterocycles. The predicted molar refractivity (Wildman–Crippen MR) is 104 cm³/mol. The van der Waals surface area contributed by atoms with Crippen molar-refractivity contribution in [1.82, 2.24) is 0 Å². The van der Waals surface area contributed by atoms with Crippen LogP contribution >= 0.6 is 0 Å². The summed E-state index contributed by atoms with van der Waals surface area (Å²) in [6, 6.07) is 8.54. The molecule has 1 aromatic carbocycles. The van der Waals surface area contributed by atoms with Gasteiger partial charge in [-0.15, -0.1) is 0 Å². The summed E-state index contributed by atoms with van der Waals surface area (Å²) < 4.78 is 0.621. The Hall–Kier alpha value is -0.966. The Morgan fingerprint density at radius 1 is 0.870 bits per heavy atom. The Morgan fingerprint density at radius 3 is 1.61 bits per heavy atom. The van der Waals surface area contributed by atoms with Crippen LogP contribution in [-0.4, -0.2) is 42.3 Å². The van der Waals surface area contributed by atoms with Crippen LogP contribution < -0.4 is 0 Å². The predicted octanol–water partition coefficient (Wildman–Crippen LogP) is 5.52. The molecule has 3 nitrogen and oxygen atoms in total. The molecule has 0 saturated heterocycles. The number of nitrogens with zero attached hydrogens (tertiary/aromatic N) is 3. The molecule has 0 radical (unpaired) electrons. The van der Waals surface area contributed by atoms with Crippen LogP contribution in [0.2, 0.25) is 0 Å². The summed E-state index contributed by atoms with van der Waals surface area (Å²) >= 11 is 2.22. The third-order valence-electron chi connectivity index (χ3n) is 1.97. The third-order valence-corrected chi connectivity index (χ3v) is 2.75. The van der Waals surface area contributed by atoms with E-state index in [1.54, 1.807) is 54.4 Å². The number of hydrogen-bond donors (Lipinski definition) is 0. The van der Waals surface area contributed by atoms with Gasteiger partial charge in [-0.2, -0.15) is 42.3 Å². The quantitative estimate of drug-likeness (QED) is 0.473. The van der Waals surface area contributed by atoms with Gasteiger partial charge in [-0.05, 0) is 0 Å². The first-order valence-electron chi connectivity index (χ1n) is 7.19. The number of benzene rings is 1. The van der Waals surface area contributed by atoms with E-state index >= 15 is 0 Å². The van der Waals surface area contributed by atoms with E-state index in [0.29, 0.717) is 4.22 Å². The number of hydrogen-bond acceptors (Lipinski definition) is 0. The Labute approximate surface area is 155 Å². The average molecular weight is 349 g/mol. The molecule has 0 bridgehead atoms. The summed E-state index contributed by atoms with van der Waals surface area (Å²) in [5, 5.41) is 10.5. The zero-order valence-corrected chi connectivity index (χ0v) is 17.0. The first-order chi connectivity index (χ1) is 11.0. The Kier molecular flexibility index (Phi) is 27.3. The molecule has 0 aliphatic heterocycles. The van der Waals surface area contributed by atoms with Crippen molar-refractivity contribution in [2.24, 2.45) is 0 Å². The van der Waals surface area contributed by atoms with Crippen molar-refractivity contribution in [3.8, 4) is 0 Å². The van der Waals surface area contributed by atoms with E-state index in [0.717, 1.165) is 0 Å². The second-order valence-corrected chi connectivity index (χ2v) is 5.25. The molecule has 4 heteroatoms. The van der Waals surface area contributed by atoms with Gasteiger partial charge in [0.05, 0.1) is 0 Å². The van der Waals surface area contributed by atoms with E-state index in [1.165, 1.54) is 11.1 Å². The fourth-order valence-corrected chi connectivity index (χ4v) is 1.81. The Balaban J connectivity index is -0.000000261. The van der Waals surface area contributed by atoms with Crippen LogP contribution in [0.3, 0.4) is 0 Å². The van der Waals surface area contributed by atoms with Gasteiger partial charge in [0, 0.05) is 0 Å². The molecule has 126 valence electrons.